The minimum atomic E-state index is -0.567. The molecule has 0 aromatic heterocycles. The molecule has 2 heterocycles. The largest absolute Gasteiger partial charge is 0.479 e. The molecule has 8 heteroatoms. The van der Waals surface area contributed by atoms with E-state index >= 15 is 0 Å². The normalized spacial score (nSPS) is 19.8. The number of allylic oxidation sites excluding steroid dienone is 2. The Labute approximate surface area is 178 Å². The van der Waals surface area contributed by atoms with Crippen molar-refractivity contribution in [3.05, 3.63) is 65.2 Å². The molecular formula is C22H34F2N4O2. The molecule has 0 bridgehead atoms. The predicted molar refractivity (Wildman–Crippen MR) is 117 cm³/mol. The molecule has 6 nitrogen and oxygen atoms in total. The Bertz CT molecular complexity index is 745. The molecule has 4 N–H and O–H groups in total. The molecule has 0 saturated heterocycles. The van der Waals surface area contributed by atoms with Gasteiger partial charge in [-0.2, -0.15) is 0 Å². The Morgan fingerprint density at radius 3 is 2.27 bits per heavy atom. The SMILES string of the molecule is CC.CCOC1=CC=C(C2=CC(CO)NN2C)C(C)N1.CNc1c(F)cccc1F. The first-order valence-electron chi connectivity index (χ1n) is 10.2. The zero-order valence-electron chi connectivity index (χ0n) is 18.6. The fourth-order valence-corrected chi connectivity index (χ4v) is 2.98. The number of aliphatic hydroxyl groups excluding tert-OH is 1. The minimum Gasteiger partial charge on any atom is -0.479 e. The lowest BCUT2D eigenvalue weighted by Crippen LogP contribution is -2.38. The van der Waals surface area contributed by atoms with Crippen LogP contribution in [0.4, 0.5) is 14.5 Å². The molecule has 0 radical (unpaired) electrons. The summed E-state index contributed by atoms with van der Waals surface area (Å²) in [6.07, 6.45) is 6.05. The van der Waals surface area contributed by atoms with E-state index in [1.165, 1.54) is 30.8 Å². The number of anilines is 1. The smallest absolute Gasteiger partial charge is 0.187 e. The van der Waals surface area contributed by atoms with E-state index < -0.39 is 11.6 Å². The number of aliphatic hydroxyl groups is 1. The van der Waals surface area contributed by atoms with Gasteiger partial charge in [0.05, 0.1) is 31.0 Å². The number of halogens is 2. The molecule has 2 aliphatic heterocycles. The first-order valence-corrected chi connectivity index (χ1v) is 10.2. The number of nitrogens with zero attached hydrogens (tertiary/aromatic N) is 1. The summed E-state index contributed by atoms with van der Waals surface area (Å²) in [5.74, 6) is -0.327. The predicted octanol–water partition coefficient (Wildman–Crippen LogP) is 3.51. The number of hydrogen-bond donors (Lipinski definition) is 4. The van der Waals surface area contributed by atoms with E-state index in [1.807, 2.05) is 45.0 Å². The average Bonchev–Trinajstić information content (AvgIpc) is 3.11. The van der Waals surface area contributed by atoms with Crippen LogP contribution < -0.4 is 16.1 Å². The van der Waals surface area contributed by atoms with Crippen molar-refractivity contribution >= 4 is 5.69 Å². The molecule has 30 heavy (non-hydrogen) atoms. The van der Waals surface area contributed by atoms with E-state index in [-0.39, 0.29) is 24.4 Å². The fraction of sp³-hybridized carbons (Fsp3) is 0.455. The molecule has 0 fully saturated rings. The van der Waals surface area contributed by atoms with Crippen LogP contribution in [-0.4, -0.2) is 49.5 Å². The highest BCUT2D eigenvalue weighted by atomic mass is 19.1. The van der Waals surface area contributed by atoms with Crippen molar-refractivity contribution in [2.45, 2.75) is 39.8 Å². The maximum Gasteiger partial charge on any atom is 0.187 e. The number of likely N-dealkylation sites (N-methyl/N-ethyl adjacent to an activating group) is 1. The number of ether oxygens (including phenoxy) is 1. The standard InChI is InChI=1S/C13H21N3O2.C7H7F2N.C2H6/c1-4-18-13-6-5-11(9(2)14-13)12-7-10(8-17)15-16(12)3;1-10-7-5(8)3-2-4-6(7)9;1-2/h5-7,9-10,14-15,17H,4,8H2,1-3H3;2-4,10H,1H3;1-2H3. The summed E-state index contributed by atoms with van der Waals surface area (Å²) in [4.78, 5) is 0. The maximum atomic E-state index is 12.5. The van der Waals surface area contributed by atoms with Crippen LogP contribution in [0.2, 0.25) is 0 Å². The van der Waals surface area contributed by atoms with Gasteiger partial charge in [0.2, 0.25) is 0 Å². The van der Waals surface area contributed by atoms with Crippen LogP contribution in [0.15, 0.2) is 53.6 Å². The fourth-order valence-electron chi connectivity index (χ4n) is 2.98. The number of rotatable bonds is 5. The van der Waals surface area contributed by atoms with Crippen molar-refractivity contribution in [3.8, 4) is 0 Å². The quantitative estimate of drug-likeness (QED) is 0.580. The zero-order chi connectivity index (χ0) is 22.7. The summed E-state index contributed by atoms with van der Waals surface area (Å²) in [6, 6.07) is 3.91. The van der Waals surface area contributed by atoms with Crippen molar-refractivity contribution in [1.82, 2.24) is 15.8 Å². The van der Waals surface area contributed by atoms with Gasteiger partial charge in [-0.05, 0) is 49.8 Å². The topological polar surface area (TPSA) is 68.8 Å². The lowest BCUT2D eigenvalue weighted by molar-refractivity contribution is 0.198. The van der Waals surface area contributed by atoms with E-state index in [0.29, 0.717) is 6.61 Å². The molecule has 1 aromatic rings. The zero-order valence-corrected chi connectivity index (χ0v) is 18.6. The number of nitrogens with one attached hydrogen (secondary N) is 3. The molecule has 168 valence electrons. The van der Waals surface area contributed by atoms with E-state index in [4.69, 9.17) is 4.74 Å². The van der Waals surface area contributed by atoms with Crippen LogP contribution in [0.1, 0.15) is 27.7 Å². The van der Waals surface area contributed by atoms with Crippen LogP contribution in [-0.2, 0) is 4.74 Å². The Morgan fingerprint density at radius 2 is 1.83 bits per heavy atom. The summed E-state index contributed by atoms with van der Waals surface area (Å²) in [5.41, 5.74) is 5.38. The summed E-state index contributed by atoms with van der Waals surface area (Å²) in [5, 5.41) is 16.8. The van der Waals surface area contributed by atoms with Crippen LogP contribution in [0, 0.1) is 11.6 Å². The van der Waals surface area contributed by atoms with E-state index in [2.05, 4.69) is 29.1 Å². The molecule has 2 unspecified atom stereocenters. The molecule has 2 aliphatic rings. The molecule has 3 rings (SSSR count). The van der Waals surface area contributed by atoms with Gasteiger partial charge in [-0.1, -0.05) is 19.9 Å². The molecule has 1 aromatic carbocycles. The second-order valence-corrected chi connectivity index (χ2v) is 6.33. The summed E-state index contributed by atoms with van der Waals surface area (Å²) >= 11 is 0. The van der Waals surface area contributed by atoms with Gasteiger partial charge in [-0.25, -0.2) is 14.2 Å². The Kier molecular flexibility index (Phi) is 10.9. The number of hydrogen-bond acceptors (Lipinski definition) is 6. The van der Waals surface area contributed by atoms with Crippen molar-refractivity contribution < 1.29 is 18.6 Å². The monoisotopic (exact) mass is 424 g/mol. The highest BCUT2D eigenvalue weighted by molar-refractivity contribution is 5.45. The lowest BCUT2D eigenvalue weighted by atomic mass is 10.0. The highest BCUT2D eigenvalue weighted by Gasteiger charge is 2.26. The third kappa shape index (κ3) is 6.74. The molecule has 2 atom stereocenters. The second-order valence-electron chi connectivity index (χ2n) is 6.33. The van der Waals surface area contributed by atoms with E-state index in [9.17, 15) is 13.9 Å². The van der Waals surface area contributed by atoms with Gasteiger partial charge in [-0.3, -0.25) is 0 Å². The van der Waals surface area contributed by atoms with E-state index in [0.717, 1.165) is 11.6 Å². The molecule has 0 aliphatic carbocycles. The molecule has 0 amide bonds. The summed E-state index contributed by atoms with van der Waals surface area (Å²) < 4.78 is 30.5. The molecule has 0 spiro atoms. The van der Waals surface area contributed by atoms with Crippen molar-refractivity contribution in [1.29, 1.82) is 0 Å². The third-order valence-corrected chi connectivity index (χ3v) is 4.32. The van der Waals surface area contributed by atoms with E-state index in [1.54, 1.807) is 0 Å². The van der Waals surface area contributed by atoms with Crippen LogP contribution in [0.5, 0.6) is 0 Å². The Hall–Kier alpha value is -2.58. The number of para-hydroxylation sites is 1. The Morgan fingerprint density at radius 1 is 1.20 bits per heavy atom. The van der Waals surface area contributed by atoms with Crippen molar-refractivity contribution in [2.24, 2.45) is 0 Å². The number of dihydropyridines is 1. The Balaban J connectivity index is 0.000000318. The van der Waals surface area contributed by atoms with Crippen molar-refractivity contribution in [2.75, 3.05) is 32.6 Å². The minimum absolute atomic E-state index is 0.00429. The first kappa shape index (κ1) is 25.5. The van der Waals surface area contributed by atoms with Gasteiger partial charge in [0.1, 0.15) is 17.3 Å². The van der Waals surface area contributed by atoms with Crippen LogP contribution >= 0.6 is 0 Å². The summed E-state index contributed by atoms with van der Waals surface area (Å²) in [6.45, 7) is 8.82. The van der Waals surface area contributed by atoms with Gasteiger partial charge < -0.3 is 25.5 Å². The first-order chi connectivity index (χ1) is 14.4. The van der Waals surface area contributed by atoms with Gasteiger partial charge in [0.15, 0.2) is 5.88 Å². The van der Waals surface area contributed by atoms with Crippen LogP contribution in [0.25, 0.3) is 0 Å². The summed E-state index contributed by atoms with van der Waals surface area (Å²) in [7, 11) is 3.43. The molecule has 0 saturated carbocycles. The number of hydrazine groups is 1. The van der Waals surface area contributed by atoms with Crippen molar-refractivity contribution in [3.63, 3.8) is 0 Å². The highest BCUT2D eigenvalue weighted by Crippen LogP contribution is 2.24. The second kappa shape index (κ2) is 12.9. The number of benzene rings is 1. The third-order valence-electron chi connectivity index (χ3n) is 4.32. The van der Waals surface area contributed by atoms with Crippen LogP contribution in [0.3, 0.4) is 0 Å². The van der Waals surface area contributed by atoms with Gasteiger partial charge in [-0.15, -0.1) is 0 Å². The maximum absolute atomic E-state index is 12.5. The van der Waals surface area contributed by atoms with Gasteiger partial charge in [0, 0.05) is 14.1 Å². The molecular weight excluding hydrogens is 390 g/mol. The average molecular weight is 425 g/mol. The van der Waals surface area contributed by atoms with Gasteiger partial charge in [0.25, 0.3) is 0 Å². The lowest BCUT2D eigenvalue weighted by Gasteiger charge is -2.28. The van der Waals surface area contributed by atoms with Gasteiger partial charge >= 0.3 is 0 Å².